The Morgan fingerprint density at radius 1 is 1.20 bits per heavy atom. The first-order chi connectivity index (χ1) is 12.3. The van der Waals surface area contributed by atoms with Gasteiger partial charge in [0.15, 0.2) is 4.34 Å². The molecule has 1 heterocycles. The van der Waals surface area contributed by atoms with Crippen molar-refractivity contribution in [2.24, 2.45) is 0 Å². The van der Waals surface area contributed by atoms with Crippen molar-refractivity contribution in [1.82, 2.24) is 10.2 Å². The summed E-state index contributed by atoms with van der Waals surface area (Å²) < 4.78 is 6.46. The maximum Gasteiger partial charge on any atom is 0.206 e. The number of thioether (sulfide) groups is 1. The Kier molecular flexibility index (Phi) is 7.54. The third kappa shape index (κ3) is 6.58. The Balaban J connectivity index is 1.33. The van der Waals surface area contributed by atoms with Gasteiger partial charge in [0, 0.05) is 11.8 Å². The number of aromatic nitrogens is 2. The van der Waals surface area contributed by atoms with Crippen molar-refractivity contribution in [1.29, 1.82) is 0 Å². The number of anilines is 1. The summed E-state index contributed by atoms with van der Waals surface area (Å²) in [5, 5.41) is 22.8. The fourth-order valence-corrected chi connectivity index (χ4v) is 4.61. The van der Waals surface area contributed by atoms with Gasteiger partial charge in [-0.2, -0.15) is 0 Å². The van der Waals surface area contributed by atoms with Crippen molar-refractivity contribution in [2.75, 3.05) is 17.7 Å². The molecule has 2 aromatic rings. The van der Waals surface area contributed by atoms with Crippen LogP contribution in [0.4, 0.5) is 5.13 Å². The normalized spacial score (nSPS) is 16.7. The highest BCUT2D eigenvalue weighted by atomic mass is 32.2. The Bertz CT molecular complexity index is 618. The Morgan fingerprint density at radius 3 is 2.80 bits per heavy atom. The van der Waals surface area contributed by atoms with Gasteiger partial charge in [0.25, 0.3) is 0 Å². The summed E-state index contributed by atoms with van der Waals surface area (Å²) in [4.78, 5) is 0. The molecule has 1 atom stereocenters. The number of rotatable bonds is 9. The predicted molar refractivity (Wildman–Crippen MR) is 103 cm³/mol. The molecule has 25 heavy (non-hydrogen) atoms. The molecule has 1 aromatic heterocycles. The minimum absolute atomic E-state index is 0.327. The van der Waals surface area contributed by atoms with E-state index in [1.807, 2.05) is 30.3 Å². The van der Waals surface area contributed by atoms with Crippen LogP contribution in [0, 0.1) is 0 Å². The smallest absolute Gasteiger partial charge is 0.206 e. The highest BCUT2D eigenvalue weighted by molar-refractivity contribution is 8.01. The van der Waals surface area contributed by atoms with E-state index in [0.29, 0.717) is 25.0 Å². The zero-order chi connectivity index (χ0) is 17.3. The van der Waals surface area contributed by atoms with Crippen molar-refractivity contribution in [3.63, 3.8) is 0 Å². The van der Waals surface area contributed by atoms with E-state index in [1.165, 1.54) is 43.9 Å². The second-order valence-corrected chi connectivity index (χ2v) is 8.56. The Hall–Kier alpha value is -1.15. The largest absolute Gasteiger partial charge is 0.390 e. The quantitative estimate of drug-likeness (QED) is 0.643. The first kappa shape index (κ1) is 18.6. The molecule has 1 aliphatic carbocycles. The standard InChI is InChI=1S/C18H25N3O2S2/c22-16(12-23-11-14-7-3-1-4-8-14)13-24-18-21-20-17(25-18)19-15-9-5-2-6-10-15/h1,3-4,7-8,15-16,22H,2,5-6,9-13H2,(H,19,20). The number of ether oxygens (including phenoxy) is 1. The van der Waals surface area contributed by atoms with Gasteiger partial charge in [-0.25, -0.2) is 0 Å². The van der Waals surface area contributed by atoms with Crippen molar-refractivity contribution in [2.45, 2.75) is 55.2 Å². The summed E-state index contributed by atoms with van der Waals surface area (Å²) in [6.45, 7) is 0.852. The molecule has 3 rings (SSSR count). The van der Waals surface area contributed by atoms with Crippen molar-refractivity contribution in [3.05, 3.63) is 35.9 Å². The monoisotopic (exact) mass is 379 g/mol. The van der Waals surface area contributed by atoms with Crippen molar-refractivity contribution in [3.8, 4) is 0 Å². The van der Waals surface area contributed by atoms with Crippen LogP contribution in [0.15, 0.2) is 34.7 Å². The number of benzene rings is 1. The van der Waals surface area contributed by atoms with Crippen LogP contribution in [-0.2, 0) is 11.3 Å². The topological polar surface area (TPSA) is 67.3 Å². The molecule has 0 aliphatic heterocycles. The van der Waals surface area contributed by atoms with E-state index in [2.05, 4.69) is 15.5 Å². The molecule has 2 N–H and O–H groups in total. The molecule has 1 unspecified atom stereocenters. The molecule has 0 saturated heterocycles. The Morgan fingerprint density at radius 2 is 2.00 bits per heavy atom. The zero-order valence-electron chi connectivity index (χ0n) is 14.3. The first-order valence-electron chi connectivity index (χ1n) is 8.82. The SMILES string of the molecule is OC(COCc1ccccc1)CSc1nnc(NC2CCCCC2)s1. The minimum Gasteiger partial charge on any atom is -0.390 e. The van der Waals surface area contributed by atoms with Gasteiger partial charge < -0.3 is 15.2 Å². The summed E-state index contributed by atoms with van der Waals surface area (Å²) in [6.07, 6.45) is 5.88. The van der Waals surface area contributed by atoms with Gasteiger partial charge >= 0.3 is 0 Å². The van der Waals surface area contributed by atoms with Gasteiger partial charge in [-0.15, -0.1) is 10.2 Å². The number of hydrogen-bond donors (Lipinski definition) is 2. The first-order valence-corrected chi connectivity index (χ1v) is 10.6. The lowest BCUT2D eigenvalue weighted by atomic mass is 9.96. The molecular weight excluding hydrogens is 354 g/mol. The highest BCUT2D eigenvalue weighted by Gasteiger charge is 2.15. The maximum absolute atomic E-state index is 10.1. The van der Waals surface area contributed by atoms with Crippen LogP contribution in [0.2, 0.25) is 0 Å². The lowest BCUT2D eigenvalue weighted by Gasteiger charge is -2.21. The summed E-state index contributed by atoms with van der Waals surface area (Å²) in [6, 6.07) is 10.5. The van der Waals surface area contributed by atoms with Crippen LogP contribution in [0.25, 0.3) is 0 Å². The van der Waals surface area contributed by atoms with E-state index in [0.717, 1.165) is 15.0 Å². The molecule has 1 aliphatic rings. The molecule has 0 amide bonds. The third-order valence-corrected chi connectivity index (χ3v) is 6.29. The number of aliphatic hydroxyl groups excluding tert-OH is 1. The van der Waals surface area contributed by atoms with Gasteiger partial charge in [0.2, 0.25) is 5.13 Å². The van der Waals surface area contributed by atoms with Crippen LogP contribution in [0.3, 0.4) is 0 Å². The van der Waals surface area contributed by atoms with E-state index in [1.54, 1.807) is 11.3 Å². The van der Waals surface area contributed by atoms with Crippen molar-refractivity contribution < 1.29 is 9.84 Å². The molecule has 1 aromatic carbocycles. The fraction of sp³-hybridized carbons (Fsp3) is 0.556. The maximum atomic E-state index is 10.1. The van der Waals surface area contributed by atoms with Crippen LogP contribution in [-0.4, -0.2) is 39.8 Å². The highest BCUT2D eigenvalue weighted by Crippen LogP contribution is 2.28. The summed E-state index contributed by atoms with van der Waals surface area (Å²) in [5.41, 5.74) is 1.12. The second-order valence-electron chi connectivity index (χ2n) is 6.32. The lowest BCUT2D eigenvalue weighted by Crippen LogP contribution is -2.21. The molecule has 5 nitrogen and oxygen atoms in total. The average molecular weight is 380 g/mol. The van der Waals surface area contributed by atoms with E-state index in [-0.39, 0.29) is 0 Å². The van der Waals surface area contributed by atoms with E-state index >= 15 is 0 Å². The van der Waals surface area contributed by atoms with Crippen LogP contribution in [0.1, 0.15) is 37.7 Å². The van der Waals surface area contributed by atoms with Crippen LogP contribution < -0.4 is 5.32 Å². The van der Waals surface area contributed by atoms with Gasteiger partial charge in [-0.1, -0.05) is 72.7 Å². The number of nitrogens with zero attached hydrogens (tertiary/aromatic N) is 2. The number of nitrogens with one attached hydrogen (secondary N) is 1. The molecule has 1 saturated carbocycles. The van der Waals surface area contributed by atoms with Crippen molar-refractivity contribution >= 4 is 28.2 Å². The average Bonchev–Trinajstić information content (AvgIpc) is 3.09. The van der Waals surface area contributed by atoms with E-state index in [9.17, 15) is 5.11 Å². The molecular formula is C18H25N3O2S2. The zero-order valence-corrected chi connectivity index (χ0v) is 15.9. The third-order valence-electron chi connectivity index (χ3n) is 4.16. The number of aliphatic hydroxyl groups is 1. The van der Waals surface area contributed by atoms with Gasteiger partial charge in [0.1, 0.15) is 0 Å². The van der Waals surface area contributed by atoms with Gasteiger partial charge in [-0.05, 0) is 18.4 Å². The van der Waals surface area contributed by atoms with Gasteiger partial charge in [0.05, 0.1) is 19.3 Å². The predicted octanol–water partition coefficient (Wildman–Crippen LogP) is 3.95. The Labute approximate surface area is 157 Å². The summed E-state index contributed by atoms with van der Waals surface area (Å²) in [5.74, 6) is 0.562. The summed E-state index contributed by atoms with van der Waals surface area (Å²) >= 11 is 3.10. The summed E-state index contributed by atoms with van der Waals surface area (Å²) in [7, 11) is 0. The minimum atomic E-state index is -0.507. The van der Waals surface area contributed by atoms with Crippen LogP contribution in [0.5, 0.6) is 0 Å². The fourth-order valence-electron chi connectivity index (χ4n) is 2.85. The van der Waals surface area contributed by atoms with Crippen LogP contribution >= 0.6 is 23.1 Å². The van der Waals surface area contributed by atoms with E-state index in [4.69, 9.17) is 4.74 Å². The van der Waals surface area contributed by atoms with Gasteiger partial charge in [-0.3, -0.25) is 0 Å². The van der Waals surface area contributed by atoms with E-state index < -0.39 is 6.10 Å². The molecule has 1 fully saturated rings. The molecule has 0 radical (unpaired) electrons. The second kappa shape index (κ2) is 10.1. The molecule has 0 spiro atoms. The molecule has 136 valence electrons. The molecule has 0 bridgehead atoms. The lowest BCUT2D eigenvalue weighted by molar-refractivity contribution is 0.0398. The number of hydrogen-bond acceptors (Lipinski definition) is 7. The molecule has 7 heteroatoms.